The van der Waals surface area contributed by atoms with Crippen molar-refractivity contribution in [3.05, 3.63) is 0 Å². The second kappa shape index (κ2) is 4.32. The van der Waals surface area contributed by atoms with Crippen LogP contribution in [0, 0.1) is 29.1 Å². The average Bonchev–Trinajstić information content (AvgIpc) is 2.68. The highest BCUT2D eigenvalue weighted by Gasteiger charge is 2.72. The van der Waals surface area contributed by atoms with Crippen LogP contribution in [-0.2, 0) is 11.4 Å². The maximum absolute atomic E-state index is 13.1. The molecule has 0 aromatic rings. The molecule has 102 valence electrons. The van der Waals surface area contributed by atoms with E-state index in [1.54, 1.807) is 0 Å². The molecular weight excluding hydrogens is 258 g/mol. The lowest BCUT2D eigenvalue weighted by molar-refractivity contribution is 0.0624. The van der Waals surface area contributed by atoms with Crippen LogP contribution in [0.25, 0.3) is 0 Å². The Labute approximate surface area is 109 Å². The summed E-state index contributed by atoms with van der Waals surface area (Å²) in [7, 11) is 0. The van der Waals surface area contributed by atoms with Gasteiger partial charge in [-0.15, -0.1) is 4.72 Å². The van der Waals surface area contributed by atoms with Crippen molar-refractivity contribution in [3.63, 3.8) is 0 Å². The first-order chi connectivity index (χ1) is 8.17. The molecule has 2 fully saturated rings. The zero-order valence-corrected chi connectivity index (χ0v) is 11.6. The summed E-state index contributed by atoms with van der Waals surface area (Å²) in [4.78, 5) is 0. The maximum atomic E-state index is 13.1. The Balaban J connectivity index is 1.91. The number of halogens is 2. The highest BCUT2D eigenvalue weighted by molar-refractivity contribution is 7.90. The average molecular weight is 276 g/mol. The third-order valence-electron chi connectivity index (χ3n) is 3.88. The Bertz CT molecular complexity index is 363. The van der Waals surface area contributed by atoms with Crippen molar-refractivity contribution < 1.29 is 13.3 Å². The molecule has 0 bridgehead atoms. The minimum absolute atomic E-state index is 0.101. The van der Waals surface area contributed by atoms with E-state index in [0.29, 0.717) is 12.8 Å². The van der Waals surface area contributed by atoms with E-state index in [4.69, 9.17) is 5.26 Å². The SMILES string of the molecule is CC(C)(C)[S+]([O-])NC(C#N)C1C[C@@H]2[C@H](C1)C2(F)F. The number of nitriles is 1. The van der Waals surface area contributed by atoms with Gasteiger partial charge in [-0.3, -0.25) is 0 Å². The molecule has 2 aliphatic rings. The summed E-state index contributed by atoms with van der Waals surface area (Å²) >= 11 is -1.34. The Kier molecular flexibility index (Phi) is 3.37. The number of fused-ring (bicyclic) bond motifs is 1. The van der Waals surface area contributed by atoms with Crippen LogP contribution in [0.2, 0.25) is 0 Å². The number of nitrogens with zero attached hydrogens (tertiary/aromatic N) is 1. The lowest BCUT2D eigenvalue weighted by atomic mass is 9.95. The Hall–Kier alpha value is -0.380. The second-order valence-corrected chi connectivity index (χ2v) is 8.22. The van der Waals surface area contributed by atoms with Crippen LogP contribution in [0.3, 0.4) is 0 Å². The molecule has 0 aromatic carbocycles. The van der Waals surface area contributed by atoms with E-state index in [0.717, 1.165) is 0 Å². The first-order valence-corrected chi connectivity index (χ1v) is 7.28. The molecule has 3 nitrogen and oxygen atoms in total. The largest absolute Gasteiger partial charge is 0.598 e. The van der Waals surface area contributed by atoms with Gasteiger partial charge in [-0.1, -0.05) is 0 Å². The normalized spacial score (nSPS) is 36.6. The van der Waals surface area contributed by atoms with E-state index in [1.807, 2.05) is 20.8 Å². The second-order valence-electron chi connectivity index (χ2n) is 6.22. The molecule has 0 spiro atoms. The molecule has 0 radical (unpaired) electrons. The summed E-state index contributed by atoms with van der Waals surface area (Å²) < 4.78 is 40.4. The quantitative estimate of drug-likeness (QED) is 0.804. The number of hydrogen-bond acceptors (Lipinski definition) is 3. The van der Waals surface area contributed by atoms with Gasteiger partial charge in [-0.25, -0.2) is 8.78 Å². The molecule has 2 saturated carbocycles. The van der Waals surface area contributed by atoms with Crippen molar-refractivity contribution >= 4 is 11.4 Å². The molecule has 0 amide bonds. The van der Waals surface area contributed by atoms with Crippen molar-refractivity contribution in [3.8, 4) is 6.07 Å². The van der Waals surface area contributed by atoms with E-state index in [1.165, 1.54) is 0 Å². The molecule has 0 heterocycles. The molecule has 6 heteroatoms. The fraction of sp³-hybridized carbons (Fsp3) is 0.917. The molecule has 3 unspecified atom stereocenters. The number of alkyl halides is 2. The van der Waals surface area contributed by atoms with E-state index in [2.05, 4.69) is 10.8 Å². The van der Waals surface area contributed by atoms with Gasteiger partial charge in [-0.05, 0) is 39.5 Å². The van der Waals surface area contributed by atoms with E-state index < -0.39 is 39.9 Å². The molecule has 0 aromatic heterocycles. The van der Waals surface area contributed by atoms with E-state index in [-0.39, 0.29) is 5.92 Å². The summed E-state index contributed by atoms with van der Waals surface area (Å²) in [5.41, 5.74) is 0. The first kappa shape index (κ1) is 14.0. The van der Waals surface area contributed by atoms with Gasteiger partial charge in [0, 0.05) is 23.2 Å². The summed E-state index contributed by atoms with van der Waals surface area (Å²) in [6, 6.07) is 1.48. The van der Waals surface area contributed by atoms with Crippen molar-refractivity contribution in [2.24, 2.45) is 17.8 Å². The topological polar surface area (TPSA) is 58.9 Å². The monoisotopic (exact) mass is 276 g/mol. The molecular formula is C12H18F2N2OS. The van der Waals surface area contributed by atoms with Gasteiger partial charge in [0.1, 0.15) is 10.8 Å². The third-order valence-corrected chi connectivity index (χ3v) is 5.46. The molecule has 1 N–H and O–H groups in total. The molecule has 0 aliphatic heterocycles. The van der Waals surface area contributed by atoms with Gasteiger partial charge in [-0.2, -0.15) is 5.26 Å². The fourth-order valence-corrected chi connectivity index (χ4v) is 3.47. The lowest BCUT2D eigenvalue weighted by Crippen LogP contribution is -2.47. The summed E-state index contributed by atoms with van der Waals surface area (Å²) in [6.07, 6.45) is 0.731. The molecule has 2 aliphatic carbocycles. The van der Waals surface area contributed by atoms with Crippen molar-refractivity contribution in [2.75, 3.05) is 0 Å². The van der Waals surface area contributed by atoms with Crippen LogP contribution in [0.1, 0.15) is 33.6 Å². The van der Waals surface area contributed by atoms with Crippen LogP contribution < -0.4 is 4.72 Å². The number of hydrogen-bond donors (Lipinski definition) is 1. The fourth-order valence-electron chi connectivity index (χ4n) is 2.64. The highest BCUT2D eigenvalue weighted by Crippen LogP contribution is 2.66. The predicted molar refractivity (Wildman–Crippen MR) is 65.1 cm³/mol. The minimum atomic E-state index is -2.51. The molecule has 2 rings (SSSR count). The summed E-state index contributed by atoms with van der Waals surface area (Å²) in [6.45, 7) is 5.43. The zero-order valence-electron chi connectivity index (χ0n) is 10.7. The van der Waals surface area contributed by atoms with Crippen LogP contribution in [0.15, 0.2) is 0 Å². The van der Waals surface area contributed by atoms with Crippen LogP contribution >= 0.6 is 0 Å². The standard InChI is InChI=1S/C12H18F2N2OS/c1-11(2,3)18(17)16-10(6-15)7-4-8-9(5-7)12(8,13)14/h7-10,16H,4-5H2,1-3H3/t7?,8-,9+,10?,18?. The first-order valence-electron chi connectivity index (χ1n) is 6.13. The van der Waals surface area contributed by atoms with Crippen LogP contribution in [-0.4, -0.2) is 21.3 Å². The van der Waals surface area contributed by atoms with Crippen LogP contribution in [0.4, 0.5) is 8.78 Å². The molecule has 0 saturated heterocycles. The maximum Gasteiger partial charge on any atom is 0.254 e. The van der Waals surface area contributed by atoms with Gasteiger partial charge < -0.3 is 4.55 Å². The van der Waals surface area contributed by atoms with Gasteiger partial charge >= 0.3 is 0 Å². The summed E-state index contributed by atoms with van der Waals surface area (Å²) in [5.74, 6) is -3.72. The van der Waals surface area contributed by atoms with Crippen LogP contribution in [0.5, 0.6) is 0 Å². The minimum Gasteiger partial charge on any atom is -0.598 e. The van der Waals surface area contributed by atoms with Gasteiger partial charge in [0.25, 0.3) is 5.92 Å². The Morgan fingerprint density at radius 3 is 2.28 bits per heavy atom. The van der Waals surface area contributed by atoms with Crippen molar-refractivity contribution in [1.82, 2.24) is 4.72 Å². The number of nitrogens with one attached hydrogen (secondary N) is 1. The Morgan fingerprint density at radius 2 is 1.89 bits per heavy atom. The molecule has 5 atom stereocenters. The van der Waals surface area contributed by atoms with Gasteiger partial charge in [0.15, 0.2) is 0 Å². The smallest absolute Gasteiger partial charge is 0.254 e. The summed E-state index contributed by atoms with van der Waals surface area (Å²) in [5, 5.41) is 9.10. The van der Waals surface area contributed by atoms with Crippen molar-refractivity contribution in [1.29, 1.82) is 5.26 Å². The van der Waals surface area contributed by atoms with Crippen molar-refractivity contribution in [2.45, 2.75) is 50.3 Å². The molecule has 18 heavy (non-hydrogen) atoms. The van der Waals surface area contributed by atoms with E-state index >= 15 is 0 Å². The van der Waals surface area contributed by atoms with E-state index in [9.17, 15) is 13.3 Å². The predicted octanol–water partition coefficient (Wildman–Crippen LogP) is 2.22. The highest BCUT2D eigenvalue weighted by atomic mass is 32.2. The Morgan fingerprint density at radius 1 is 1.39 bits per heavy atom. The van der Waals surface area contributed by atoms with Gasteiger partial charge in [0.05, 0.1) is 6.07 Å². The zero-order chi connectivity index (χ0) is 13.7. The third kappa shape index (κ3) is 2.36. The number of rotatable bonds is 3. The van der Waals surface area contributed by atoms with Gasteiger partial charge in [0.2, 0.25) is 0 Å². The lowest BCUT2D eigenvalue weighted by Gasteiger charge is -2.28.